The first-order valence-electron chi connectivity index (χ1n) is 5.01. The summed E-state index contributed by atoms with van der Waals surface area (Å²) < 4.78 is 0. The lowest BCUT2D eigenvalue weighted by Crippen LogP contribution is -2.27. The van der Waals surface area contributed by atoms with Crippen LogP contribution in [0.4, 0.5) is 5.69 Å². The largest absolute Gasteiger partial charge is 0.382 e. The lowest BCUT2D eigenvalue weighted by Gasteiger charge is -2.22. The summed E-state index contributed by atoms with van der Waals surface area (Å²) in [7, 11) is 0. The average molecular weight is 209 g/mol. The Morgan fingerprint density at radius 2 is 1.53 bits per heavy atom. The molecule has 1 aromatic heterocycles. The van der Waals surface area contributed by atoms with Crippen LogP contribution in [-0.2, 0) is 5.60 Å². The van der Waals surface area contributed by atoms with Crippen molar-refractivity contribution in [3.05, 3.63) is 18.2 Å². The Morgan fingerprint density at radius 1 is 1.07 bits per heavy atom. The molecule has 2 N–H and O–H groups in total. The molecule has 0 aliphatic carbocycles. The van der Waals surface area contributed by atoms with E-state index in [0.29, 0.717) is 5.82 Å². The fourth-order valence-electron chi connectivity index (χ4n) is 1.14. The smallest absolute Gasteiger partial charge is 0.159 e. The van der Waals surface area contributed by atoms with E-state index in [9.17, 15) is 5.11 Å². The maximum absolute atomic E-state index is 9.67. The zero-order chi connectivity index (χ0) is 11.7. The molecule has 0 atom stereocenters. The van der Waals surface area contributed by atoms with Crippen molar-refractivity contribution in [3.63, 3.8) is 0 Å². The van der Waals surface area contributed by atoms with Crippen molar-refractivity contribution in [1.29, 1.82) is 0 Å². The summed E-state index contributed by atoms with van der Waals surface area (Å²) in [5.41, 5.74) is -0.143. The van der Waals surface area contributed by atoms with Crippen molar-refractivity contribution >= 4 is 5.69 Å². The summed E-state index contributed by atoms with van der Waals surface area (Å²) in [6.07, 6.45) is 3.37. The van der Waals surface area contributed by atoms with E-state index >= 15 is 0 Å². The Kier molecular flexibility index (Phi) is 3.00. The minimum Gasteiger partial charge on any atom is -0.382 e. The van der Waals surface area contributed by atoms with E-state index in [1.165, 1.54) is 0 Å². The molecule has 0 bridgehead atoms. The first-order chi connectivity index (χ1) is 6.68. The van der Waals surface area contributed by atoms with Crippen LogP contribution >= 0.6 is 0 Å². The third kappa shape index (κ3) is 3.83. The molecule has 0 aliphatic rings. The van der Waals surface area contributed by atoms with Gasteiger partial charge < -0.3 is 10.4 Å². The summed E-state index contributed by atoms with van der Waals surface area (Å²) in [5.74, 6) is 0.432. The highest BCUT2D eigenvalue weighted by molar-refractivity contribution is 5.40. The van der Waals surface area contributed by atoms with E-state index in [1.54, 1.807) is 26.2 Å². The van der Waals surface area contributed by atoms with Gasteiger partial charge in [-0.2, -0.15) is 0 Å². The number of hydrogen-bond donors (Lipinski definition) is 2. The molecule has 1 heterocycles. The maximum Gasteiger partial charge on any atom is 0.159 e. The van der Waals surface area contributed by atoms with Gasteiger partial charge in [0, 0.05) is 5.54 Å². The normalized spacial score (nSPS) is 12.7. The summed E-state index contributed by atoms with van der Waals surface area (Å²) in [5, 5.41) is 12.9. The van der Waals surface area contributed by atoms with Crippen LogP contribution in [0.15, 0.2) is 12.4 Å². The number of hydrogen-bond acceptors (Lipinski definition) is 4. The minimum atomic E-state index is -0.986. The first-order valence-corrected chi connectivity index (χ1v) is 5.01. The molecule has 0 unspecified atom stereocenters. The Hall–Kier alpha value is -1.16. The van der Waals surface area contributed by atoms with Crippen molar-refractivity contribution in [3.8, 4) is 0 Å². The van der Waals surface area contributed by atoms with Crippen LogP contribution in [0.2, 0.25) is 0 Å². The van der Waals surface area contributed by atoms with Crippen LogP contribution in [0.5, 0.6) is 0 Å². The van der Waals surface area contributed by atoms with Gasteiger partial charge in [0.15, 0.2) is 5.82 Å². The number of nitrogens with zero attached hydrogens (tertiary/aromatic N) is 2. The highest BCUT2D eigenvalue weighted by Gasteiger charge is 2.19. The molecule has 0 spiro atoms. The Labute approximate surface area is 90.8 Å². The monoisotopic (exact) mass is 209 g/mol. The van der Waals surface area contributed by atoms with Crippen LogP contribution in [0.1, 0.15) is 40.4 Å². The second-order valence-electron chi connectivity index (χ2n) is 5.23. The highest BCUT2D eigenvalue weighted by Crippen LogP contribution is 2.17. The number of aromatic nitrogens is 2. The van der Waals surface area contributed by atoms with Crippen molar-refractivity contribution in [1.82, 2.24) is 9.97 Å². The zero-order valence-corrected chi connectivity index (χ0v) is 10.00. The molecule has 4 nitrogen and oxygen atoms in total. The van der Waals surface area contributed by atoms with Gasteiger partial charge in [-0.1, -0.05) is 0 Å². The molecule has 1 rings (SSSR count). The molecular formula is C11H19N3O. The third-order valence-corrected chi connectivity index (χ3v) is 1.72. The summed E-state index contributed by atoms with van der Waals surface area (Å²) in [6, 6.07) is 0. The van der Waals surface area contributed by atoms with Crippen LogP contribution < -0.4 is 5.32 Å². The number of rotatable bonds is 2. The Bertz CT molecular complexity index is 319. The van der Waals surface area contributed by atoms with Gasteiger partial charge in [-0.25, -0.2) is 9.97 Å². The molecule has 0 aliphatic heterocycles. The molecule has 0 saturated heterocycles. The van der Waals surface area contributed by atoms with Crippen LogP contribution in [0, 0.1) is 0 Å². The topological polar surface area (TPSA) is 58.0 Å². The van der Waals surface area contributed by atoms with Crippen molar-refractivity contribution in [2.75, 3.05) is 5.32 Å². The van der Waals surface area contributed by atoms with E-state index in [2.05, 4.69) is 36.1 Å². The predicted molar refractivity (Wildman–Crippen MR) is 60.7 cm³/mol. The molecule has 0 aromatic carbocycles. The predicted octanol–water partition coefficient (Wildman–Crippen LogP) is 1.91. The number of aliphatic hydroxyl groups is 1. The zero-order valence-electron chi connectivity index (χ0n) is 10.00. The Morgan fingerprint density at radius 3 is 1.87 bits per heavy atom. The summed E-state index contributed by atoms with van der Waals surface area (Å²) >= 11 is 0. The van der Waals surface area contributed by atoms with Gasteiger partial charge in [0.1, 0.15) is 5.60 Å². The standard InChI is InChI=1S/C11H19N3O/c1-10(2,3)14-8-6-12-9(13-7-8)11(4,5)15/h6-7,14-15H,1-5H3. The van der Waals surface area contributed by atoms with Crippen molar-refractivity contribution in [2.24, 2.45) is 0 Å². The van der Waals surface area contributed by atoms with Crippen LogP contribution in [0.3, 0.4) is 0 Å². The van der Waals surface area contributed by atoms with Crippen molar-refractivity contribution < 1.29 is 5.11 Å². The van der Waals surface area contributed by atoms with E-state index < -0.39 is 5.60 Å². The highest BCUT2D eigenvalue weighted by atomic mass is 16.3. The first kappa shape index (κ1) is 11.9. The second kappa shape index (κ2) is 3.77. The fourth-order valence-corrected chi connectivity index (χ4v) is 1.14. The van der Waals surface area contributed by atoms with E-state index in [4.69, 9.17) is 0 Å². The Balaban J connectivity index is 2.82. The average Bonchev–Trinajstić information content (AvgIpc) is 2.00. The van der Waals surface area contributed by atoms with Crippen LogP contribution in [-0.4, -0.2) is 20.6 Å². The van der Waals surface area contributed by atoms with E-state index in [-0.39, 0.29) is 5.54 Å². The molecule has 0 fully saturated rings. The van der Waals surface area contributed by atoms with Gasteiger partial charge >= 0.3 is 0 Å². The van der Waals surface area contributed by atoms with Gasteiger partial charge in [-0.15, -0.1) is 0 Å². The number of nitrogens with one attached hydrogen (secondary N) is 1. The molecule has 4 heteroatoms. The second-order valence-corrected chi connectivity index (χ2v) is 5.23. The van der Waals surface area contributed by atoms with Crippen molar-refractivity contribution in [2.45, 2.75) is 45.8 Å². The molecule has 0 radical (unpaired) electrons. The molecule has 84 valence electrons. The molecule has 1 aromatic rings. The lowest BCUT2D eigenvalue weighted by atomic mass is 10.1. The minimum absolute atomic E-state index is 0.0143. The maximum atomic E-state index is 9.67. The van der Waals surface area contributed by atoms with Gasteiger partial charge in [0.25, 0.3) is 0 Å². The van der Waals surface area contributed by atoms with E-state index in [0.717, 1.165) is 5.69 Å². The molecule has 0 amide bonds. The fraction of sp³-hybridized carbons (Fsp3) is 0.636. The summed E-state index contributed by atoms with van der Waals surface area (Å²) in [6.45, 7) is 9.53. The van der Waals surface area contributed by atoms with Gasteiger partial charge in [-0.05, 0) is 34.6 Å². The van der Waals surface area contributed by atoms with E-state index in [1.807, 2.05) is 0 Å². The lowest BCUT2D eigenvalue weighted by molar-refractivity contribution is 0.0687. The van der Waals surface area contributed by atoms with Gasteiger partial charge in [0.05, 0.1) is 18.1 Å². The van der Waals surface area contributed by atoms with Crippen LogP contribution in [0.25, 0.3) is 0 Å². The molecule has 15 heavy (non-hydrogen) atoms. The third-order valence-electron chi connectivity index (χ3n) is 1.72. The summed E-state index contributed by atoms with van der Waals surface area (Å²) in [4.78, 5) is 8.22. The molecule has 0 saturated carbocycles. The molecular weight excluding hydrogens is 190 g/mol. The SMILES string of the molecule is CC(C)(C)Nc1cnc(C(C)(C)O)nc1. The van der Waals surface area contributed by atoms with Gasteiger partial charge in [0.2, 0.25) is 0 Å². The number of anilines is 1. The van der Waals surface area contributed by atoms with Gasteiger partial charge in [-0.3, -0.25) is 0 Å². The quantitative estimate of drug-likeness (QED) is 0.781.